The lowest BCUT2D eigenvalue weighted by Crippen LogP contribution is -2.31. The van der Waals surface area contributed by atoms with Gasteiger partial charge in [-0.25, -0.2) is 0 Å². The van der Waals surface area contributed by atoms with Crippen LogP contribution in [-0.4, -0.2) is 38.8 Å². The average Bonchev–Trinajstić information content (AvgIpc) is 3.11. The van der Waals surface area contributed by atoms with E-state index in [2.05, 4.69) is 4.90 Å². The minimum absolute atomic E-state index is 0.0233. The Bertz CT molecular complexity index is 450. The molecule has 0 heterocycles. The summed E-state index contributed by atoms with van der Waals surface area (Å²) in [5.74, 6) is -0.761. The Morgan fingerprint density at radius 1 is 1.32 bits per heavy atom. The SMILES string of the molecule is CC(c1cc(O)cc(O)c1)N(CCC(=O)O)C1CC1. The largest absolute Gasteiger partial charge is 0.508 e. The molecule has 1 aromatic rings. The maximum atomic E-state index is 10.7. The second kappa shape index (κ2) is 5.48. The molecule has 0 bridgehead atoms. The summed E-state index contributed by atoms with van der Waals surface area (Å²) in [7, 11) is 0. The monoisotopic (exact) mass is 265 g/mol. The number of rotatable bonds is 6. The van der Waals surface area contributed by atoms with Gasteiger partial charge >= 0.3 is 5.97 Å². The van der Waals surface area contributed by atoms with Gasteiger partial charge in [-0.3, -0.25) is 9.69 Å². The zero-order valence-corrected chi connectivity index (χ0v) is 10.9. The molecule has 1 aliphatic carbocycles. The zero-order chi connectivity index (χ0) is 14.0. The molecule has 1 aromatic carbocycles. The molecular weight excluding hydrogens is 246 g/mol. The topological polar surface area (TPSA) is 81.0 Å². The van der Waals surface area contributed by atoms with Crippen LogP contribution in [0.5, 0.6) is 11.5 Å². The molecule has 0 amide bonds. The van der Waals surface area contributed by atoms with Crippen molar-refractivity contribution in [3.05, 3.63) is 23.8 Å². The minimum Gasteiger partial charge on any atom is -0.508 e. The molecule has 104 valence electrons. The Hall–Kier alpha value is -1.75. The number of aromatic hydroxyl groups is 2. The van der Waals surface area contributed by atoms with Crippen molar-refractivity contribution in [2.24, 2.45) is 0 Å². The van der Waals surface area contributed by atoms with Gasteiger partial charge in [-0.2, -0.15) is 0 Å². The van der Waals surface area contributed by atoms with Crippen molar-refractivity contribution >= 4 is 5.97 Å². The maximum Gasteiger partial charge on any atom is 0.304 e. The van der Waals surface area contributed by atoms with E-state index in [1.807, 2.05) is 6.92 Å². The highest BCUT2D eigenvalue weighted by Gasteiger charge is 2.33. The molecule has 1 fully saturated rings. The molecule has 0 aromatic heterocycles. The van der Waals surface area contributed by atoms with Crippen LogP contribution in [0.1, 0.15) is 37.8 Å². The molecular formula is C14H19NO4. The number of phenolic OH excluding ortho intramolecular Hbond substituents is 2. The molecule has 1 aliphatic rings. The van der Waals surface area contributed by atoms with Crippen LogP contribution in [0.3, 0.4) is 0 Å². The molecule has 5 heteroatoms. The summed E-state index contributed by atoms with van der Waals surface area (Å²) in [5.41, 5.74) is 0.801. The van der Waals surface area contributed by atoms with Crippen molar-refractivity contribution in [1.29, 1.82) is 0 Å². The number of carboxylic acids is 1. The molecule has 1 unspecified atom stereocenters. The van der Waals surface area contributed by atoms with E-state index in [4.69, 9.17) is 5.11 Å². The fraction of sp³-hybridized carbons (Fsp3) is 0.500. The van der Waals surface area contributed by atoms with E-state index in [1.165, 1.54) is 6.07 Å². The van der Waals surface area contributed by atoms with Crippen molar-refractivity contribution in [2.75, 3.05) is 6.54 Å². The van der Waals surface area contributed by atoms with Crippen LogP contribution in [0, 0.1) is 0 Å². The van der Waals surface area contributed by atoms with Gasteiger partial charge in [0, 0.05) is 24.7 Å². The highest BCUT2D eigenvalue weighted by molar-refractivity contribution is 5.66. The van der Waals surface area contributed by atoms with Gasteiger partial charge in [0.2, 0.25) is 0 Å². The normalized spacial score (nSPS) is 16.5. The smallest absolute Gasteiger partial charge is 0.304 e. The van der Waals surface area contributed by atoms with Crippen LogP contribution in [0.2, 0.25) is 0 Å². The third-order valence-corrected chi connectivity index (χ3v) is 3.50. The minimum atomic E-state index is -0.809. The van der Waals surface area contributed by atoms with Crippen LogP contribution >= 0.6 is 0 Å². The second-order valence-corrected chi connectivity index (χ2v) is 5.07. The lowest BCUT2D eigenvalue weighted by atomic mass is 10.1. The first-order valence-corrected chi connectivity index (χ1v) is 6.48. The van der Waals surface area contributed by atoms with Crippen LogP contribution < -0.4 is 0 Å². The third kappa shape index (κ3) is 3.61. The fourth-order valence-corrected chi connectivity index (χ4v) is 2.37. The lowest BCUT2D eigenvalue weighted by Gasteiger charge is -2.29. The Morgan fingerprint density at radius 2 is 1.89 bits per heavy atom. The Kier molecular flexibility index (Phi) is 3.95. The summed E-state index contributed by atoms with van der Waals surface area (Å²) in [6, 6.07) is 4.90. The summed E-state index contributed by atoms with van der Waals surface area (Å²) in [5, 5.41) is 27.8. The van der Waals surface area contributed by atoms with Crippen molar-refractivity contribution in [1.82, 2.24) is 4.90 Å². The predicted molar refractivity (Wildman–Crippen MR) is 70.2 cm³/mol. The maximum absolute atomic E-state index is 10.7. The Balaban J connectivity index is 2.13. The predicted octanol–water partition coefficient (Wildman–Crippen LogP) is 2.10. The second-order valence-electron chi connectivity index (χ2n) is 5.07. The quantitative estimate of drug-likeness (QED) is 0.734. The van der Waals surface area contributed by atoms with Gasteiger partial charge in [0.25, 0.3) is 0 Å². The first-order chi connectivity index (χ1) is 8.97. The molecule has 19 heavy (non-hydrogen) atoms. The highest BCUT2D eigenvalue weighted by Crippen LogP contribution is 2.36. The molecule has 0 radical (unpaired) electrons. The lowest BCUT2D eigenvalue weighted by molar-refractivity contribution is -0.137. The van der Waals surface area contributed by atoms with E-state index in [0.29, 0.717) is 12.6 Å². The number of carboxylic acid groups (broad SMARTS) is 1. The van der Waals surface area contributed by atoms with Crippen LogP contribution in [0.4, 0.5) is 0 Å². The molecule has 0 aliphatic heterocycles. The number of phenols is 2. The van der Waals surface area contributed by atoms with E-state index in [1.54, 1.807) is 12.1 Å². The van der Waals surface area contributed by atoms with Crippen molar-refractivity contribution in [3.63, 3.8) is 0 Å². The van der Waals surface area contributed by atoms with Crippen LogP contribution in [0.25, 0.3) is 0 Å². The summed E-state index contributed by atoms with van der Waals surface area (Å²) < 4.78 is 0. The van der Waals surface area contributed by atoms with Gasteiger partial charge in [-0.05, 0) is 37.5 Å². The number of nitrogens with zero attached hydrogens (tertiary/aromatic N) is 1. The van der Waals surface area contributed by atoms with Crippen LogP contribution in [0.15, 0.2) is 18.2 Å². The summed E-state index contributed by atoms with van der Waals surface area (Å²) in [6.45, 7) is 2.45. The Morgan fingerprint density at radius 3 is 2.37 bits per heavy atom. The van der Waals surface area contributed by atoms with Gasteiger partial charge in [0.15, 0.2) is 0 Å². The number of benzene rings is 1. The zero-order valence-electron chi connectivity index (χ0n) is 10.9. The average molecular weight is 265 g/mol. The van der Waals surface area contributed by atoms with Gasteiger partial charge < -0.3 is 15.3 Å². The first kappa shape index (κ1) is 13.7. The molecule has 0 spiro atoms. The van der Waals surface area contributed by atoms with Gasteiger partial charge in [-0.1, -0.05) is 0 Å². The molecule has 2 rings (SSSR count). The third-order valence-electron chi connectivity index (χ3n) is 3.50. The number of hydrogen-bond acceptors (Lipinski definition) is 4. The van der Waals surface area contributed by atoms with Gasteiger partial charge in [-0.15, -0.1) is 0 Å². The van der Waals surface area contributed by atoms with E-state index in [-0.39, 0.29) is 24.0 Å². The first-order valence-electron chi connectivity index (χ1n) is 6.48. The molecule has 3 N–H and O–H groups in total. The van der Waals surface area contributed by atoms with E-state index in [0.717, 1.165) is 18.4 Å². The number of aliphatic carboxylic acids is 1. The molecule has 5 nitrogen and oxygen atoms in total. The van der Waals surface area contributed by atoms with E-state index < -0.39 is 5.97 Å². The van der Waals surface area contributed by atoms with Gasteiger partial charge in [0.1, 0.15) is 11.5 Å². The highest BCUT2D eigenvalue weighted by atomic mass is 16.4. The van der Waals surface area contributed by atoms with E-state index in [9.17, 15) is 15.0 Å². The number of hydrogen-bond donors (Lipinski definition) is 3. The van der Waals surface area contributed by atoms with Crippen molar-refractivity contribution < 1.29 is 20.1 Å². The van der Waals surface area contributed by atoms with Crippen LogP contribution in [-0.2, 0) is 4.79 Å². The summed E-state index contributed by atoms with van der Waals surface area (Å²) in [4.78, 5) is 12.8. The Labute approximate surface area is 112 Å². The van der Waals surface area contributed by atoms with Crippen molar-refractivity contribution in [3.8, 4) is 11.5 Å². The van der Waals surface area contributed by atoms with Crippen molar-refractivity contribution in [2.45, 2.75) is 38.3 Å². The standard InChI is InChI=1S/C14H19NO4/c1-9(10-6-12(16)8-13(17)7-10)15(11-2-3-11)5-4-14(18)19/h6-9,11,16-17H,2-5H2,1H3,(H,18,19). The van der Waals surface area contributed by atoms with Gasteiger partial charge in [0.05, 0.1) is 6.42 Å². The molecule has 1 saturated carbocycles. The van der Waals surface area contributed by atoms with E-state index >= 15 is 0 Å². The molecule has 1 atom stereocenters. The number of carbonyl (C=O) groups is 1. The summed E-state index contributed by atoms with van der Waals surface area (Å²) in [6.07, 6.45) is 2.26. The fourth-order valence-electron chi connectivity index (χ4n) is 2.37. The summed E-state index contributed by atoms with van der Waals surface area (Å²) >= 11 is 0. The molecule has 0 saturated heterocycles.